The lowest BCUT2D eigenvalue weighted by molar-refractivity contribution is -0.136. The van der Waals surface area contributed by atoms with Crippen molar-refractivity contribution in [3.05, 3.63) is 0 Å². The molecule has 0 aromatic carbocycles. The molecule has 0 fully saturated rings. The summed E-state index contributed by atoms with van der Waals surface area (Å²) in [5, 5.41) is 8.08. The predicted molar refractivity (Wildman–Crippen MR) is 28.4 cm³/mol. The number of carbonyl (C=O) groups is 1. The number of hydrogen-bond donors (Lipinski definition) is 2. The third kappa shape index (κ3) is 2.60. The van der Waals surface area contributed by atoms with Gasteiger partial charge in [0.25, 0.3) is 0 Å². The van der Waals surface area contributed by atoms with Crippen molar-refractivity contribution in [3.8, 4) is 0 Å². The van der Waals surface area contributed by atoms with Crippen LogP contribution in [0, 0.1) is 0 Å². The van der Waals surface area contributed by atoms with Gasteiger partial charge in [-0.3, -0.25) is 4.79 Å². The normalized spacial score (nSPS) is 12.8. The number of hydrogen-bond acceptors (Lipinski definition) is 3. The lowest BCUT2D eigenvalue weighted by atomic mass is 9.89. The Morgan fingerprint density at radius 1 is 2.00 bits per heavy atom. The Kier molecular flexibility index (Phi) is 3.22. The molecule has 0 saturated carbocycles. The number of rotatable bonds is 3. The van der Waals surface area contributed by atoms with Crippen LogP contribution in [0.25, 0.3) is 0 Å². The maximum Gasteiger partial charge on any atom is 0.322 e. The first-order chi connectivity index (χ1) is 3.68. The summed E-state index contributed by atoms with van der Waals surface area (Å²) in [5.74, 6) is -2.10. The Labute approximate surface area is 47.9 Å². The number of aliphatic carboxylic acids is 1. The first kappa shape index (κ1) is 7.45. The first-order valence-corrected chi connectivity index (χ1v) is 2.03. The van der Waals surface area contributed by atoms with E-state index in [4.69, 9.17) is 10.8 Å². The van der Waals surface area contributed by atoms with Crippen molar-refractivity contribution < 1.29 is 14.6 Å². The molecule has 45 valence electrons. The van der Waals surface area contributed by atoms with E-state index in [0.717, 1.165) is 7.48 Å². The van der Waals surface area contributed by atoms with Crippen LogP contribution < -0.4 is 5.73 Å². The maximum atomic E-state index is 9.85. The summed E-state index contributed by atoms with van der Waals surface area (Å²) < 4.78 is 4.33. The molecule has 3 N–H and O–H groups in total. The van der Waals surface area contributed by atoms with E-state index < -0.39 is 11.9 Å². The molecule has 0 amide bonds. The van der Waals surface area contributed by atoms with Crippen molar-refractivity contribution in [2.45, 2.75) is 5.94 Å². The van der Waals surface area contributed by atoms with Gasteiger partial charge in [0.05, 0.1) is 0 Å². The second-order valence-corrected chi connectivity index (χ2v) is 1.24. The van der Waals surface area contributed by atoms with Gasteiger partial charge in [0.15, 0.2) is 0 Å². The fraction of sp³-hybridized carbons (Fsp3) is 0.667. The first-order valence-electron chi connectivity index (χ1n) is 2.03. The lowest BCUT2D eigenvalue weighted by Crippen LogP contribution is -2.37. The zero-order valence-electron chi connectivity index (χ0n) is 4.50. The van der Waals surface area contributed by atoms with E-state index >= 15 is 0 Å². The molecule has 0 spiro atoms. The van der Waals surface area contributed by atoms with E-state index in [0.29, 0.717) is 0 Å². The molecule has 1 radical (unpaired) electrons. The van der Waals surface area contributed by atoms with Gasteiger partial charge in [0, 0.05) is 7.11 Å². The fourth-order valence-corrected chi connectivity index (χ4v) is 0.205. The van der Waals surface area contributed by atoms with Crippen LogP contribution in [-0.4, -0.2) is 31.6 Å². The summed E-state index contributed by atoms with van der Waals surface area (Å²) >= 11 is 0. The highest BCUT2D eigenvalue weighted by Crippen LogP contribution is 1.73. The van der Waals surface area contributed by atoms with E-state index in [1.807, 2.05) is 0 Å². The quantitative estimate of drug-likeness (QED) is 0.445. The molecule has 0 saturated heterocycles. The Balaban J connectivity index is 3.32. The highest BCUT2D eigenvalue weighted by molar-refractivity contribution is 6.36. The van der Waals surface area contributed by atoms with Gasteiger partial charge < -0.3 is 15.5 Å². The Morgan fingerprint density at radius 3 is 2.62 bits per heavy atom. The number of carboxylic acid groups (broad SMARTS) is 1. The summed E-state index contributed by atoms with van der Waals surface area (Å²) in [6.45, 7) is 0. The minimum Gasteiger partial charge on any atom is -0.481 e. The molecule has 0 aliphatic carbocycles. The Bertz CT molecular complexity index is 86.6. The van der Waals surface area contributed by atoms with Crippen molar-refractivity contribution in [2.24, 2.45) is 5.73 Å². The highest BCUT2D eigenvalue weighted by atomic mass is 16.4. The SMILES string of the molecule is CO[B]C(N)C(=O)O. The average Bonchev–Trinajstić information content (AvgIpc) is 1.67. The topological polar surface area (TPSA) is 72.5 Å². The van der Waals surface area contributed by atoms with Crippen LogP contribution in [0.4, 0.5) is 0 Å². The molecule has 0 bridgehead atoms. The molecule has 8 heavy (non-hydrogen) atoms. The molecule has 0 aliphatic heterocycles. The van der Waals surface area contributed by atoms with Crippen molar-refractivity contribution >= 4 is 13.5 Å². The lowest BCUT2D eigenvalue weighted by Gasteiger charge is -1.98. The summed E-state index contributed by atoms with van der Waals surface area (Å²) in [6, 6.07) is 0. The second kappa shape index (κ2) is 3.46. The van der Waals surface area contributed by atoms with Crippen molar-refractivity contribution in [3.63, 3.8) is 0 Å². The van der Waals surface area contributed by atoms with Crippen LogP contribution in [0.2, 0.25) is 0 Å². The Hall–Kier alpha value is -0.545. The molecule has 1 unspecified atom stereocenters. The molecular weight excluding hydrogens is 109 g/mol. The molecule has 4 nitrogen and oxygen atoms in total. The van der Waals surface area contributed by atoms with E-state index in [1.165, 1.54) is 7.11 Å². The third-order valence-corrected chi connectivity index (χ3v) is 0.568. The van der Waals surface area contributed by atoms with Crippen molar-refractivity contribution in [1.29, 1.82) is 0 Å². The van der Waals surface area contributed by atoms with Crippen LogP contribution in [-0.2, 0) is 9.45 Å². The largest absolute Gasteiger partial charge is 0.481 e. The zero-order valence-corrected chi connectivity index (χ0v) is 4.50. The van der Waals surface area contributed by atoms with Crippen molar-refractivity contribution in [1.82, 2.24) is 0 Å². The standard InChI is InChI=1S/C3H7BNO3/c1-8-4-2(5)3(6)7/h2H,5H2,1H3,(H,6,7). The highest BCUT2D eigenvalue weighted by Gasteiger charge is 2.12. The van der Waals surface area contributed by atoms with Crippen LogP contribution in [0.3, 0.4) is 0 Å². The zero-order chi connectivity index (χ0) is 6.57. The minimum absolute atomic E-state index is 1.01. The van der Waals surface area contributed by atoms with Crippen LogP contribution in [0.15, 0.2) is 0 Å². The maximum absolute atomic E-state index is 9.85. The van der Waals surface area contributed by atoms with Crippen LogP contribution in [0.1, 0.15) is 0 Å². The average molecular weight is 116 g/mol. The van der Waals surface area contributed by atoms with Gasteiger partial charge in [-0.25, -0.2) is 0 Å². The Morgan fingerprint density at radius 2 is 2.50 bits per heavy atom. The predicted octanol–water partition coefficient (Wildman–Crippen LogP) is -1.38. The molecule has 0 heterocycles. The summed E-state index contributed by atoms with van der Waals surface area (Å²) in [7, 11) is 2.39. The van der Waals surface area contributed by atoms with Gasteiger partial charge in [-0.05, 0) is 0 Å². The van der Waals surface area contributed by atoms with Gasteiger partial charge in [-0.15, -0.1) is 0 Å². The summed E-state index contributed by atoms with van der Waals surface area (Å²) in [4.78, 5) is 9.85. The van der Waals surface area contributed by atoms with E-state index in [1.54, 1.807) is 0 Å². The van der Waals surface area contributed by atoms with Gasteiger partial charge in [0.1, 0.15) is 5.94 Å². The molecule has 1 atom stereocenters. The van der Waals surface area contributed by atoms with E-state index in [-0.39, 0.29) is 0 Å². The molecule has 0 rings (SSSR count). The minimum atomic E-state index is -1.09. The molecule has 0 aromatic heterocycles. The number of nitrogens with two attached hydrogens (primary N) is 1. The number of carboxylic acids is 1. The van der Waals surface area contributed by atoms with E-state index in [2.05, 4.69) is 4.65 Å². The van der Waals surface area contributed by atoms with Gasteiger partial charge in [0.2, 0.25) is 0 Å². The molecule has 5 heteroatoms. The van der Waals surface area contributed by atoms with Gasteiger partial charge in [-0.1, -0.05) is 0 Å². The van der Waals surface area contributed by atoms with Gasteiger partial charge >= 0.3 is 13.5 Å². The monoisotopic (exact) mass is 116 g/mol. The summed E-state index contributed by atoms with van der Waals surface area (Å²) in [5.41, 5.74) is 4.95. The van der Waals surface area contributed by atoms with Crippen LogP contribution in [0.5, 0.6) is 0 Å². The van der Waals surface area contributed by atoms with Crippen molar-refractivity contribution in [2.75, 3.05) is 7.11 Å². The fourth-order valence-electron chi connectivity index (χ4n) is 0.205. The van der Waals surface area contributed by atoms with E-state index in [9.17, 15) is 4.79 Å². The summed E-state index contributed by atoms with van der Waals surface area (Å²) in [6.07, 6.45) is 0. The molecular formula is C3H7BNO3. The second-order valence-electron chi connectivity index (χ2n) is 1.24. The molecule has 0 aromatic rings. The van der Waals surface area contributed by atoms with Crippen LogP contribution >= 0.6 is 0 Å². The smallest absolute Gasteiger partial charge is 0.322 e. The third-order valence-electron chi connectivity index (χ3n) is 0.568. The van der Waals surface area contributed by atoms with Gasteiger partial charge in [-0.2, -0.15) is 0 Å². The molecule has 0 aliphatic rings.